The number of ketones is 1. The summed E-state index contributed by atoms with van der Waals surface area (Å²) in [6, 6.07) is 3.58. The van der Waals surface area contributed by atoms with E-state index >= 15 is 0 Å². The Morgan fingerprint density at radius 1 is 1.30 bits per heavy atom. The number of imide groups is 1. The van der Waals surface area contributed by atoms with Crippen LogP contribution in [0.15, 0.2) is 18.2 Å². The molecule has 1 N–H and O–H groups in total. The number of amides is 3. The molecule has 0 bridgehead atoms. The summed E-state index contributed by atoms with van der Waals surface area (Å²) >= 11 is 0. The number of hydrogen-bond acceptors (Lipinski definition) is 5. The molecule has 1 saturated heterocycles. The van der Waals surface area contributed by atoms with Gasteiger partial charge in [0.1, 0.15) is 5.54 Å². The Bertz CT molecular complexity index is 816. The van der Waals surface area contributed by atoms with E-state index in [0.29, 0.717) is 5.56 Å². The fourth-order valence-electron chi connectivity index (χ4n) is 4.03. The monoisotopic (exact) mass is 373 g/mol. The standard InChI is InChI=1S/C19H23N3O5/c1-12-8-9-13(10-15(12)22(26)27)16(23)11-21-17(24)19(2,20-18(21)25)14-6-4-3-5-7-14/h8-10,14H,3-7,11H2,1-2H3,(H,20,25)/t19-/m0/s1. The molecule has 0 radical (unpaired) electrons. The molecule has 0 aromatic heterocycles. The number of carbonyl (C=O) groups excluding carboxylic acids is 3. The van der Waals surface area contributed by atoms with Gasteiger partial charge in [-0.1, -0.05) is 31.4 Å². The summed E-state index contributed by atoms with van der Waals surface area (Å²) < 4.78 is 0. The van der Waals surface area contributed by atoms with Gasteiger partial charge in [-0.05, 0) is 32.6 Å². The van der Waals surface area contributed by atoms with Gasteiger partial charge in [-0.2, -0.15) is 0 Å². The SMILES string of the molecule is Cc1ccc(C(=O)CN2C(=O)N[C@@](C)(C3CCCCC3)C2=O)cc1[N+](=O)[O-]. The van der Waals surface area contributed by atoms with E-state index in [0.717, 1.165) is 37.0 Å². The Morgan fingerprint density at radius 3 is 2.59 bits per heavy atom. The van der Waals surface area contributed by atoms with Crippen molar-refractivity contribution in [3.63, 3.8) is 0 Å². The van der Waals surface area contributed by atoms with E-state index in [1.165, 1.54) is 18.2 Å². The second-order valence-corrected chi connectivity index (χ2v) is 7.54. The maximum absolute atomic E-state index is 12.9. The van der Waals surface area contributed by atoms with Crippen LogP contribution in [0, 0.1) is 23.0 Å². The van der Waals surface area contributed by atoms with Crippen molar-refractivity contribution >= 4 is 23.4 Å². The van der Waals surface area contributed by atoms with E-state index < -0.39 is 34.7 Å². The number of hydrogen-bond donors (Lipinski definition) is 1. The summed E-state index contributed by atoms with van der Waals surface area (Å²) in [4.78, 5) is 49.3. The lowest BCUT2D eigenvalue weighted by atomic mass is 9.75. The van der Waals surface area contributed by atoms with Gasteiger partial charge in [-0.25, -0.2) is 4.79 Å². The van der Waals surface area contributed by atoms with Crippen LogP contribution in [-0.4, -0.2) is 39.6 Å². The van der Waals surface area contributed by atoms with Crippen LogP contribution in [0.5, 0.6) is 0 Å². The minimum absolute atomic E-state index is 0.0586. The van der Waals surface area contributed by atoms with Crippen molar-refractivity contribution < 1.29 is 19.3 Å². The minimum Gasteiger partial charge on any atom is -0.323 e. The Morgan fingerprint density at radius 2 is 1.96 bits per heavy atom. The molecule has 27 heavy (non-hydrogen) atoms. The lowest BCUT2D eigenvalue weighted by molar-refractivity contribution is -0.385. The van der Waals surface area contributed by atoms with E-state index in [9.17, 15) is 24.5 Å². The zero-order valence-electron chi connectivity index (χ0n) is 15.5. The van der Waals surface area contributed by atoms with Crippen LogP contribution in [-0.2, 0) is 4.79 Å². The number of carbonyl (C=O) groups is 3. The van der Waals surface area contributed by atoms with Gasteiger partial charge >= 0.3 is 6.03 Å². The largest absolute Gasteiger partial charge is 0.325 e. The van der Waals surface area contributed by atoms with Crippen LogP contribution in [0.25, 0.3) is 0 Å². The first kappa shape index (κ1) is 19.0. The quantitative estimate of drug-likeness (QED) is 0.369. The zero-order valence-corrected chi connectivity index (χ0v) is 15.5. The van der Waals surface area contributed by atoms with Crippen LogP contribution >= 0.6 is 0 Å². The van der Waals surface area contributed by atoms with Crippen LogP contribution < -0.4 is 5.32 Å². The predicted molar refractivity (Wildman–Crippen MR) is 97.4 cm³/mol. The van der Waals surface area contributed by atoms with Gasteiger partial charge in [0.2, 0.25) is 0 Å². The van der Waals surface area contributed by atoms with Crippen LogP contribution in [0.2, 0.25) is 0 Å². The van der Waals surface area contributed by atoms with Gasteiger partial charge in [0.05, 0.1) is 11.5 Å². The van der Waals surface area contributed by atoms with E-state index in [1.807, 2.05) is 0 Å². The second kappa shape index (κ2) is 7.09. The normalized spacial score (nSPS) is 23.4. The van der Waals surface area contributed by atoms with Crippen molar-refractivity contribution in [1.29, 1.82) is 0 Å². The molecule has 0 spiro atoms. The molecule has 1 aliphatic heterocycles. The number of nitro benzene ring substituents is 1. The number of nitrogens with zero attached hydrogens (tertiary/aromatic N) is 2. The van der Waals surface area contributed by atoms with Crippen LogP contribution in [0.1, 0.15) is 54.9 Å². The summed E-state index contributed by atoms with van der Waals surface area (Å²) in [6.45, 7) is 2.89. The van der Waals surface area contributed by atoms with E-state index in [4.69, 9.17) is 0 Å². The lowest BCUT2D eigenvalue weighted by Gasteiger charge is -2.34. The highest BCUT2D eigenvalue weighted by atomic mass is 16.6. The molecular formula is C19H23N3O5. The Hall–Kier alpha value is -2.77. The fourth-order valence-corrected chi connectivity index (χ4v) is 4.03. The fraction of sp³-hybridized carbons (Fsp3) is 0.526. The maximum Gasteiger partial charge on any atom is 0.325 e. The highest BCUT2D eigenvalue weighted by Crippen LogP contribution is 2.36. The number of nitrogens with one attached hydrogen (secondary N) is 1. The van der Waals surface area contributed by atoms with Crippen molar-refractivity contribution in [3.05, 3.63) is 39.4 Å². The summed E-state index contributed by atoms with van der Waals surface area (Å²) in [5.41, 5.74) is -0.600. The molecule has 0 unspecified atom stereocenters. The average Bonchev–Trinajstić information content (AvgIpc) is 2.86. The first-order chi connectivity index (χ1) is 12.7. The van der Waals surface area contributed by atoms with Crippen LogP contribution in [0.4, 0.5) is 10.5 Å². The molecule has 1 saturated carbocycles. The minimum atomic E-state index is -0.989. The summed E-state index contributed by atoms with van der Waals surface area (Å²) in [5.74, 6) is -0.841. The molecule has 1 atom stereocenters. The highest BCUT2D eigenvalue weighted by Gasteiger charge is 2.52. The summed E-state index contributed by atoms with van der Waals surface area (Å²) in [7, 11) is 0. The molecule has 144 valence electrons. The Balaban J connectivity index is 1.78. The molecule has 1 aromatic rings. The lowest BCUT2D eigenvalue weighted by Crippen LogP contribution is -2.51. The summed E-state index contributed by atoms with van der Waals surface area (Å²) in [5, 5.41) is 13.8. The third-order valence-corrected chi connectivity index (χ3v) is 5.75. The van der Waals surface area contributed by atoms with Crippen molar-refractivity contribution in [2.75, 3.05) is 6.54 Å². The van der Waals surface area contributed by atoms with Gasteiger partial charge in [0.15, 0.2) is 5.78 Å². The van der Waals surface area contributed by atoms with E-state index in [-0.39, 0.29) is 17.2 Å². The predicted octanol–water partition coefficient (Wildman–Crippen LogP) is 2.98. The number of urea groups is 1. The maximum atomic E-state index is 12.9. The molecule has 1 aromatic carbocycles. The number of aryl methyl sites for hydroxylation is 1. The summed E-state index contributed by atoms with van der Waals surface area (Å²) in [6.07, 6.45) is 4.91. The van der Waals surface area contributed by atoms with E-state index in [2.05, 4.69) is 5.32 Å². The Labute approximate surface area is 157 Å². The number of rotatable bonds is 5. The number of benzene rings is 1. The van der Waals surface area contributed by atoms with Gasteiger partial charge in [0.25, 0.3) is 11.6 Å². The van der Waals surface area contributed by atoms with Crippen molar-refractivity contribution in [3.8, 4) is 0 Å². The van der Waals surface area contributed by atoms with Crippen molar-refractivity contribution in [2.45, 2.75) is 51.5 Å². The third kappa shape index (κ3) is 3.43. The third-order valence-electron chi connectivity index (χ3n) is 5.75. The molecule has 3 amide bonds. The van der Waals surface area contributed by atoms with Gasteiger partial charge in [0, 0.05) is 17.2 Å². The molecule has 8 nitrogen and oxygen atoms in total. The molecule has 3 rings (SSSR count). The molecule has 1 aliphatic carbocycles. The van der Waals surface area contributed by atoms with Crippen LogP contribution in [0.3, 0.4) is 0 Å². The highest BCUT2D eigenvalue weighted by molar-refractivity contribution is 6.11. The molecule has 8 heteroatoms. The molecule has 2 aliphatic rings. The van der Waals surface area contributed by atoms with Gasteiger partial charge < -0.3 is 5.32 Å². The topological polar surface area (TPSA) is 110 Å². The van der Waals surface area contributed by atoms with Gasteiger partial charge in [-0.3, -0.25) is 24.6 Å². The molecular weight excluding hydrogens is 350 g/mol. The first-order valence-electron chi connectivity index (χ1n) is 9.16. The van der Waals surface area contributed by atoms with Crippen molar-refractivity contribution in [1.82, 2.24) is 10.2 Å². The Kier molecular flexibility index (Phi) is 4.99. The average molecular weight is 373 g/mol. The van der Waals surface area contributed by atoms with Gasteiger partial charge in [-0.15, -0.1) is 0 Å². The van der Waals surface area contributed by atoms with E-state index in [1.54, 1.807) is 13.8 Å². The second-order valence-electron chi connectivity index (χ2n) is 7.54. The first-order valence-corrected chi connectivity index (χ1v) is 9.16. The van der Waals surface area contributed by atoms with Crippen molar-refractivity contribution in [2.24, 2.45) is 5.92 Å². The smallest absolute Gasteiger partial charge is 0.323 e. The number of Topliss-reactive ketones (excluding diaryl/α,β-unsaturated/α-hetero) is 1. The molecule has 1 heterocycles. The zero-order chi connectivity index (χ0) is 19.8. The molecule has 2 fully saturated rings. The number of nitro groups is 1.